The van der Waals surface area contributed by atoms with E-state index in [2.05, 4.69) is 69.0 Å². The summed E-state index contributed by atoms with van der Waals surface area (Å²) in [6.45, 7) is 9.51. The van der Waals surface area contributed by atoms with Crippen molar-refractivity contribution < 1.29 is 13.2 Å². The van der Waals surface area contributed by atoms with E-state index in [9.17, 15) is 13.2 Å². The van der Waals surface area contributed by atoms with Gasteiger partial charge >= 0.3 is 10.2 Å². The van der Waals surface area contributed by atoms with Crippen LogP contribution in [0.1, 0.15) is 63.3 Å². The minimum absolute atomic E-state index is 0.0443. The van der Waals surface area contributed by atoms with Crippen LogP contribution in [0.15, 0.2) is 66.7 Å². The predicted octanol–water partition coefficient (Wildman–Crippen LogP) is 5.24. The van der Waals surface area contributed by atoms with Crippen LogP contribution in [0.2, 0.25) is 0 Å². The van der Waals surface area contributed by atoms with Crippen molar-refractivity contribution in [1.82, 2.24) is 14.0 Å². The van der Waals surface area contributed by atoms with E-state index in [1.165, 1.54) is 16.8 Å². The van der Waals surface area contributed by atoms with Crippen LogP contribution < -0.4 is 9.62 Å². The number of rotatable bonds is 10. The first-order valence-corrected chi connectivity index (χ1v) is 14.4. The molecule has 2 aromatic carbocycles. The summed E-state index contributed by atoms with van der Waals surface area (Å²) in [6, 6.07) is 23.2. The molecule has 196 valence electrons. The third kappa shape index (κ3) is 6.37. The Morgan fingerprint density at radius 3 is 2.32 bits per heavy atom. The predicted molar refractivity (Wildman–Crippen MR) is 148 cm³/mol. The van der Waals surface area contributed by atoms with Crippen LogP contribution in [0.3, 0.4) is 0 Å². The van der Waals surface area contributed by atoms with Crippen molar-refractivity contribution in [3.63, 3.8) is 0 Å². The molecular weight excluding hydrogens is 484 g/mol. The fourth-order valence-corrected chi connectivity index (χ4v) is 5.90. The van der Waals surface area contributed by atoms with Gasteiger partial charge in [-0.25, -0.2) is 4.72 Å². The van der Waals surface area contributed by atoms with E-state index >= 15 is 0 Å². The summed E-state index contributed by atoms with van der Waals surface area (Å²) >= 11 is 0. The van der Waals surface area contributed by atoms with E-state index in [4.69, 9.17) is 4.98 Å². The number of amides is 1. The Morgan fingerprint density at radius 1 is 1.00 bits per heavy atom. The monoisotopic (exact) mass is 520 g/mol. The fourth-order valence-electron chi connectivity index (χ4n) is 4.83. The summed E-state index contributed by atoms with van der Waals surface area (Å²) in [5.74, 6) is 0.0765. The molecule has 7 nitrogen and oxygen atoms in total. The number of pyridine rings is 1. The van der Waals surface area contributed by atoms with E-state index in [0.29, 0.717) is 17.7 Å². The second-order valence-corrected chi connectivity index (χ2v) is 11.5. The third-order valence-corrected chi connectivity index (χ3v) is 8.35. The van der Waals surface area contributed by atoms with Crippen LogP contribution in [0, 0.1) is 0 Å². The van der Waals surface area contributed by atoms with Gasteiger partial charge in [0.15, 0.2) is 0 Å². The average molecular weight is 521 g/mol. The van der Waals surface area contributed by atoms with Crippen molar-refractivity contribution in [3.8, 4) is 11.3 Å². The first-order valence-electron chi connectivity index (χ1n) is 12.9. The minimum Gasteiger partial charge on any atom is -0.365 e. The number of anilines is 1. The van der Waals surface area contributed by atoms with Crippen molar-refractivity contribution in [2.45, 2.75) is 65.6 Å². The molecule has 8 heteroatoms. The summed E-state index contributed by atoms with van der Waals surface area (Å²) < 4.78 is 27.3. The molecule has 1 fully saturated rings. The number of benzene rings is 2. The lowest BCUT2D eigenvalue weighted by Gasteiger charge is -2.30. The van der Waals surface area contributed by atoms with Crippen LogP contribution in [0.5, 0.6) is 0 Å². The highest BCUT2D eigenvalue weighted by molar-refractivity contribution is 7.88. The zero-order valence-corrected chi connectivity index (χ0v) is 22.8. The van der Waals surface area contributed by atoms with Gasteiger partial charge in [-0.05, 0) is 74.1 Å². The second kappa shape index (κ2) is 11.4. The molecule has 0 atom stereocenters. The van der Waals surface area contributed by atoms with Crippen LogP contribution in [-0.4, -0.2) is 36.2 Å². The first-order chi connectivity index (χ1) is 17.7. The van der Waals surface area contributed by atoms with Crippen molar-refractivity contribution in [1.29, 1.82) is 0 Å². The highest BCUT2D eigenvalue weighted by atomic mass is 32.2. The molecule has 1 amide bonds. The van der Waals surface area contributed by atoms with Gasteiger partial charge in [-0.2, -0.15) is 12.7 Å². The maximum absolute atomic E-state index is 12.1. The molecule has 0 spiro atoms. The van der Waals surface area contributed by atoms with Gasteiger partial charge in [0, 0.05) is 23.8 Å². The lowest BCUT2D eigenvalue weighted by Crippen LogP contribution is -2.30. The van der Waals surface area contributed by atoms with Crippen molar-refractivity contribution in [2.24, 2.45) is 0 Å². The number of carbonyl (C=O) groups is 1. The van der Waals surface area contributed by atoms with Crippen molar-refractivity contribution >= 4 is 21.8 Å². The molecule has 0 saturated carbocycles. The standard InChI is InChI=1S/C29H36N4O3S/c1-5-23(6-2)24-13-15-27(16-14-24)33(21(3)4)18-22-9-7-10-25(17-22)28-12-8-11-26(30-28)19-32-20-29(34)31-37(32,35)36/h7-17,21,23H,5-6,18-20H2,1-4H3,(H,31,34). The largest absolute Gasteiger partial charge is 0.365 e. The Kier molecular flexibility index (Phi) is 8.29. The normalized spacial score (nSPS) is 15.4. The van der Waals surface area contributed by atoms with Crippen LogP contribution in [0.25, 0.3) is 11.3 Å². The number of nitrogens with zero attached hydrogens (tertiary/aromatic N) is 3. The third-order valence-electron chi connectivity index (χ3n) is 6.93. The molecule has 1 saturated heterocycles. The zero-order valence-electron chi connectivity index (χ0n) is 22.0. The number of hydrogen-bond acceptors (Lipinski definition) is 5. The van der Waals surface area contributed by atoms with Crippen LogP contribution in [0.4, 0.5) is 5.69 Å². The fraction of sp³-hybridized carbons (Fsp3) is 0.379. The summed E-state index contributed by atoms with van der Waals surface area (Å²) in [7, 11) is -3.79. The van der Waals surface area contributed by atoms with E-state index in [-0.39, 0.29) is 13.1 Å². The molecule has 0 radical (unpaired) electrons. The molecule has 4 rings (SSSR count). The Hall–Kier alpha value is -3.23. The number of aromatic nitrogens is 1. The van der Waals surface area contributed by atoms with Crippen LogP contribution >= 0.6 is 0 Å². The molecule has 1 aliphatic rings. The summed E-state index contributed by atoms with van der Waals surface area (Å²) in [6.07, 6.45) is 2.29. The molecule has 2 heterocycles. The van der Waals surface area contributed by atoms with E-state index in [1.807, 2.05) is 29.0 Å². The molecule has 0 aliphatic carbocycles. The van der Waals surface area contributed by atoms with Gasteiger partial charge < -0.3 is 4.90 Å². The molecule has 0 bridgehead atoms. The molecule has 37 heavy (non-hydrogen) atoms. The Balaban J connectivity index is 1.53. The lowest BCUT2D eigenvalue weighted by atomic mass is 9.94. The number of hydrogen-bond donors (Lipinski definition) is 1. The average Bonchev–Trinajstić information content (AvgIpc) is 3.14. The molecule has 1 aliphatic heterocycles. The highest BCUT2D eigenvalue weighted by Crippen LogP contribution is 2.28. The first kappa shape index (κ1) is 26.8. The van der Waals surface area contributed by atoms with Gasteiger partial charge in [0.2, 0.25) is 5.91 Å². The molecule has 1 N–H and O–H groups in total. The van der Waals surface area contributed by atoms with Gasteiger partial charge in [0.25, 0.3) is 0 Å². The Morgan fingerprint density at radius 2 is 1.70 bits per heavy atom. The van der Waals surface area contributed by atoms with Gasteiger partial charge in [0.1, 0.15) is 0 Å². The van der Waals surface area contributed by atoms with E-state index in [0.717, 1.165) is 34.9 Å². The van der Waals surface area contributed by atoms with Crippen molar-refractivity contribution in [2.75, 3.05) is 11.4 Å². The van der Waals surface area contributed by atoms with Crippen LogP contribution in [-0.2, 0) is 28.1 Å². The minimum atomic E-state index is -3.79. The molecule has 1 aromatic heterocycles. The van der Waals surface area contributed by atoms with Crippen molar-refractivity contribution in [3.05, 3.63) is 83.6 Å². The maximum Gasteiger partial charge on any atom is 0.304 e. The lowest BCUT2D eigenvalue weighted by molar-refractivity contribution is -0.118. The van der Waals surface area contributed by atoms with Gasteiger partial charge in [-0.1, -0.05) is 50.2 Å². The molecule has 3 aromatic rings. The van der Waals surface area contributed by atoms with E-state index < -0.39 is 16.1 Å². The SMILES string of the molecule is CCC(CC)c1ccc(N(Cc2cccc(-c3cccc(CN4CC(=O)NS4(=O)=O)n3)c2)C(C)C)cc1. The van der Waals surface area contributed by atoms with Gasteiger partial charge in [-0.15, -0.1) is 0 Å². The zero-order chi connectivity index (χ0) is 26.6. The quantitative estimate of drug-likeness (QED) is 0.395. The summed E-state index contributed by atoms with van der Waals surface area (Å²) in [5.41, 5.74) is 6.08. The topological polar surface area (TPSA) is 82.6 Å². The van der Waals surface area contributed by atoms with Gasteiger partial charge in [-0.3, -0.25) is 9.78 Å². The number of carbonyl (C=O) groups excluding carboxylic acids is 1. The summed E-state index contributed by atoms with van der Waals surface area (Å²) in [4.78, 5) is 18.6. The molecule has 0 unspecified atom stereocenters. The Bertz CT molecular complexity index is 1340. The Labute approximate surface area is 220 Å². The van der Waals surface area contributed by atoms with E-state index in [1.54, 1.807) is 6.07 Å². The summed E-state index contributed by atoms with van der Waals surface area (Å²) in [5, 5.41) is 0. The second-order valence-electron chi connectivity index (χ2n) is 9.84. The molecular formula is C29H36N4O3S. The highest BCUT2D eigenvalue weighted by Gasteiger charge is 2.33. The van der Waals surface area contributed by atoms with Gasteiger partial charge in [0.05, 0.1) is 24.5 Å². The smallest absolute Gasteiger partial charge is 0.304 e. The maximum atomic E-state index is 12.1. The number of nitrogens with one attached hydrogen (secondary N) is 1.